The predicted octanol–water partition coefficient (Wildman–Crippen LogP) is 7.57. The highest BCUT2D eigenvalue weighted by Crippen LogP contribution is 2.37. The summed E-state index contributed by atoms with van der Waals surface area (Å²) < 4.78 is 2.20. The maximum absolute atomic E-state index is 10.9. The molecule has 0 aliphatic rings. The van der Waals surface area contributed by atoms with Gasteiger partial charge < -0.3 is 4.57 Å². The number of para-hydroxylation sites is 3. The summed E-state index contributed by atoms with van der Waals surface area (Å²) in [5.74, 6) is 0. The topological polar surface area (TPSA) is 52.5 Å². The van der Waals surface area contributed by atoms with Crippen LogP contribution < -0.4 is 20.7 Å². The molecule has 0 aliphatic carbocycles. The van der Waals surface area contributed by atoms with E-state index in [2.05, 4.69) is 144 Å². The standard InChI is InChI=1S/C44H29N3Si/c45-30-33-15-14-24-38(44(33)47-41-25-12-10-22-39(41)40-23-11-13-26-42(40)47)32-27-28-43(34(29-32)31-46)48(35-16-4-1-5-17-35,36-18-6-2-7-19-36)37-20-8-3-9-21-37/h1-29H. The van der Waals surface area contributed by atoms with Crippen LogP contribution >= 0.6 is 0 Å². The lowest BCUT2D eigenvalue weighted by molar-refractivity contribution is 1.17. The first-order valence-electron chi connectivity index (χ1n) is 16.0. The van der Waals surface area contributed by atoms with E-state index in [9.17, 15) is 10.5 Å². The lowest BCUT2D eigenvalue weighted by atomic mass is 9.98. The molecule has 1 aromatic heterocycles. The van der Waals surface area contributed by atoms with Crippen molar-refractivity contribution in [3.63, 3.8) is 0 Å². The Labute approximate surface area is 280 Å². The Kier molecular flexibility index (Phi) is 7.27. The molecule has 8 rings (SSSR count). The van der Waals surface area contributed by atoms with Crippen molar-refractivity contribution in [2.75, 3.05) is 0 Å². The van der Waals surface area contributed by atoms with Gasteiger partial charge in [-0.2, -0.15) is 10.5 Å². The molecule has 3 nitrogen and oxygen atoms in total. The highest BCUT2D eigenvalue weighted by Gasteiger charge is 2.43. The van der Waals surface area contributed by atoms with Crippen LogP contribution in [0.25, 0.3) is 38.6 Å². The minimum Gasteiger partial charge on any atom is -0.307 e. The summed E-state index contributed by atoms with van der Waals surface area (Å²) in [4.78, 5) is 0. The molecule has 0 saturated heterocycles. The van der Waals surface area contributed by atoms with Gasteiger partial charge in [-0.15, -0.1) is 0 Å². The van der Waals surface area contributed by atoms with Crippen molar-refractivity contribution in [1.29, 1.82) is 10.5 Å². The Morgan fingerprint density at radius 3 is 1.42 bits per heavy atom. The minimum atomic E-state index is -2.93. The molecule has 0 bridgehead atoms. The van der Waals surface area contributed by atoms with Gasteiger partial charge in [0, 0.05) is 16.3 Å². The highest BCUT2D eigenvalue weighted by atomic mass is 28.3. The summed E-state index contributed by atoms with van der Waals surface area (Å²) in [5, 5.41) is 28.3. The normalized spacial score (nSPS) is 11.3. The molecule has 8 aromatic rings. The van der Waals surface area contributed by atoms with Crippen LogP contribution in [0.1, 0.15) is 11.1 Å². The third-order valence-corrected chi connectivity index (χ3v) is 14.3. The van der Waals surface area contributed by atoms with Gasteiger partial charge in [-0.1, -0.05) is 152 Å². The van der Waals surface area contributed by atoms with E-state index in [0.29, 0.717) is 11.1 Å². The van der Waals surface area contributed by atoms with Gasteiger partial charge >= 0.3 is 0 Å². The van der Waals surface area contributed by atoms with Gasteiger partial charge in [0.25, 0.3) is 0 Å². The molecular weight excluding hydrogens is 599 g/mol. The van der Waals surface area contributed by atoms with Crippen LogP contribution in [0.2, 0.25) is 0 Å². The van der Waals surface area contributed by atoms with Gasteiger partial charge in [0.2, 0.25) is 0 Å². The molecule has 0 spiro atoms. The van der Waals surface area contributed by atoms with Gasteiger partial charge in [0.1, 0.15) is 6.07 Å². The number of rotatable bonds is 6. The largest absolute Gasteiger partial charge is 0.307 e. The van der Waals surface area contributed by atoms with E-state index in [4.69, 9.17) is 0 Å². The van der Waals surface area contributed by atoms with Crippen LogP contribution in [0, 0.1) is 22.7 Å². The van der Waals surface area contributed by atoms with Gasteiger partial charge in [0.15, 0.2) is 8.07 Å². The van der Waals surface area contributed by atoms with Crippen LogP contribution in [-0.2, 0) is 0 Å². The van der Waals surface area contributed by atoms with Crippen LogP contribution in [0.15, 0.2) is 176 Å². The Balaban J connectivity index is 1.43. The minimum absolute atomic E-state index is 0.572. The summed E-state index contributed by atoms with van der Waals surface area (Å²) >= 11 is 0. The van der Waals surface area contributed by atoms with E-state index in [1.54, 1.807) is 0 Å². The molecule has 0 amide bonds. The van der Waals surface area contributed by atoms with Crippen molar-refractivity contribution in [3.05, 3.63) is 187 Å². The van der Waals surface area contributed by atoms with Crippen molar-refractivity contribution < 1.29 is 0 Å². The quantitative estimate of drug-likeness (QED) is 0.141. The van der Waals surface area contributed by atoms with Crippen LogP contribution in [-0.4, -0.2) is 12.6 Å². The molecule has 0 N–H and O–H groups in total. The van der Waals surface area contributed by atoms with Crippen molar-refractivity contribution in [2.45, 2.75) is 0 Å². The van der Waals surface area contributed by atoms with Crippen LogP contribution in [0.5, 0.6) is 0 Å². The molecule has 0 radical (unpaired) electrons. The average Bonchev–Trinajstić information content (AvgIpc) is 3.50. The van der Waals surface area contributed by atoms with E-state index in [1.807, 2.05) is 48.5 Å². The predicted molar refractivity (Wildman–Crippen MR) is 199 cm³/mol. The molecule has 0 saturated carbocycles. The maximum Gasteiger partial charge on any atom is 0.180 e. The molecule has 0 aliphatic heterocycles. The second-order valence-electron chi connectivity index (χ2n) is 11.9. The van der Waals surface area contributed by atoms with E-state index < -0.39 is 8.07 Å². The SMILES string of the molecule is N#Cc1cc(-c2cccc(C#N)c2-n2c3ccccc3c3ccccc32)ccc1[Si](c1ccccc1)(c1ccccc1)c1ccccc1. The molecule has 7 aromatic carbocycles. The van der Waals surface area contributed by atoms with E-state index in [1.165, 1.54) is 15.6 Å². The molecular formula is C44H29N3Si. The lowest BCUT2D eigenvalue weighted by Crippen LogP contribution is -2.75. The molecule has 224 valence electrons. The van der Waals surface area contributed by atoms with E-state index in [0.717, 1.165) is 43.8 Å². The van der Waals surface area contributed by atoms with E-state index in [-0.39, 0.29) is 0 Å². The molecule has 0 atom stereocenters. The third kappa shape index (κ3) is 4.48. The summed E-state index contributed by atoms with van der Waals surface area (Å²) in [6.07, 6.45) is 0. The molecule has 4 heteroatoms. The third-order valence-electron chi connectivity index (χ3n) is 9.44. The van der Waals surface area contributed by atoms with Gasteiger partial charge in [-0.3, -0.25) is 0 Å². The number of nitriles is 2. The first-order chi connectivity index (χ1) is 23.8. The molecule has 0 fully saturated rings. The average molecular weight is 628 g/mol. The van der Waals surface area contributed by atoms with Gasteiger partial charge in [-0.25, -0.2) is 0 Å². The smallest absolute Gasteiger partial charge is 0.180 e. The van der Waals surface area contributed by atoms with Crippen molar-refractivity contribution in [2.24, 2.45) is 0 Å². The number of hydrogen-bond donors (Lipinski definition) is 0. The summed E-state index contributed by atoms with van der Waals surface area (Å²) in [5.41, 5.74) is 5.87. The fourth-order valence-electron chi connectivity index (χ4n) is 7.43. The van der Waals surface area contributed by atoms with Crippen molar-refractivity contribution >= 4 is 50.6 Å². The Hall–Kier alpha value is -6.46. The van der Waals surface area contributed by atoms with Crippen molar-refractivity contribution in [1.82, 2.24) is 4.57 Å². The number of hydrogen-bond acceptors (Lipinski definition) is 2. The second-order valence-corrected chi connectivity index (χ2v) is 15.7. The summed E-state index contributed by atoms with van der Waals surface area (Å²) in [6.45, 7) is 0. The van der Waals surface area contributed by atoms with Crippen molar-refractivity contribution in [3.8, 4) is 29.0 Å². The molecule has 0 unspecified atom stereocenters. The van der Waals surface area contributed by atoms with Gasteiger partial charge in [-0.05, 0) is 50.6 Å². The first-order valence-corrected chi connectivity index (χ1v) is 18.0. The number of fused-ring (bicyclic) bond motifs is 3. The van der Waals surface area contributed by atoms with Crippen LogP contribution in [0.4, 0.5) is 0 Å². The Bertz CT molecular complexity index is 2370. The molecule has 1 heterocycles. The zero-order valence-electron chi connectivity index (χ0n) is 26.1. The van der Waals surface area contributed by atoms with E-state index >= 15 is 0 Å². The fraction of sp³-hybridized carbons (Fsp3) is 0. The highest BCUT2D eigenvalue weighted by molar-refractivity contribution is 7.20. The Morgan fingerprint density at radius 2 is 0.917 bits per heavy atom. The monoisotopic (exact) mass is 627 g/mol. The molecule has 48 heavy (non-hydrogen) atoms. The van der Waals surface area contributed by atoms with Gasteiger partial charge in [0.05, 0.1) is 33.9 Å². The summed E-state index contributed by atoms with van der Waals surface area (Å²) in [6, 6.07) is 65.9. The zero-order chi connectivity index (χ0) is 32.5. The fourth-order valence-corrected chi connectivity index (χ4v) is 12.3. The number of nitrogens with zero attached hydrogens (tertiary/aromatic N) is 3. The van der Waals surface area contributed by atoms with Crippen LogP contribution in [0.3, 0.4) is 0 Å². The second kappa shape index (κ2) is 12.0. The zero-order valence-corrected chi connectivity index (χ0v) is 27.1. The Morgan fingerprint density at radius 1 is 0.438 bits per heavy atom. The summed E-state index contributed by atoms with van der Waals surface area (Å²) in [7, 11) is -2.93. The first kappa shape index (κ1) is 29.0. The lowest BCUT2D eigenvalue weighted by Gasteiger charge is -2.35. The number of aromatic nitrogens is 1. The maximum atomic E-state index is 10.9. The number of benzene rings is 7.